The Morgan fingerprint density at radius 1 is 1.39 bits per heavy atom. The Kier molecular flexibility index (Phi) is 4.02. The molecule has 0 spiro atoms. The quantitative estimate of drug-likeness (QED) is 0.886. The SMILES string of the molecule is FC(F)(F)c1ccc(NCC2CCNC2)c(Cl)c1. The number of nitrogens with one attached hydrogen (secondary N) is 2. The molecule has 0 radical (unpaired) electrons. The molecule has 2 nitrogen and oxygen atoms in total. The lowest BCUT2D eigenvalue weighted by atomic mass is 10.1. The molecule has 0 aliphatic carbocycles. The van der Waals surface area contributed by atoms with Gasteiger partial charge in [-0.2, -0.15) is 13.2 Å². The number of halogens is 4. The molecule has 0 amide bonds. The van der Waals surface area contributed by atoms with Crippen molar-refractivity contribution in [3.05, 3.63) is 28.8 Å². The van der Waals surface area contributed by atoms with Crippen molar-refractivity contribution in [1.29, 1.82) is 0 Å². The maximum Gasteiger partial charge on any atom is 0.416 e. The van der Waals surface area contributed by atoms with E-state index in [0.717, 1.165) is 38.2 Å². The van der Waals surface area contributed by atoms with Crippen LogP contribution < -0.4 is 10.6 Å². The minimum atomic E-state index is -4.35. The van der Waals surface area contributed by atoms with Gasteiger partial charge < -0.3 is 10.6 Å². The van der Waals surface area contributed by atoms with Crippen LogP contribution >= 0.6 is 11.6 Å². The van der Waals surface area contributed by atoms with Gasteiger partial charge in [-0.05, 0) is 43.6 Å². The monoisotopic (exact) mass is 278 g/mol. The first-order valence-corrected chi connectivity index (χ1v) is 6.16. The molecule has 2 rings (SSSR count). The third kappa shape index (κ3) is 3.29. The van der Waals surface area contributed by atoms with E-state index in [1.165, 1.54) is 6.07 Å². The largest absolute Gasteiger partial charge is 0.416 e. The molecule has 1 fully saturated rings. The van der Waals surface area contributed by atoms with Crippen LogP contribution in [0.4, 0.5) is 18.9 Å². The number of rotatable bonds is 3. The van der Waals surface area contributed by atoms with Gasteiger partial charge in [0, 0.05) is 6.54 Å². The number of alkyl halides is 3. The zero-order valence-electron chi connectivity index (χ0n) is 9.65. The summed E-state index contributed by atoms with van der Waals surface area (Å²) in [5.74, 6) is 0.503. The normalized spacial score (nSPS) is 20.1. The van der Waals surface area contributed by atoms with E-state index in [-0.39, 0.29) is 5.02 Å². The van der Waals surface area contributed by atoms with Crippen molar-refractivity contribution in [1.82, 2.24) is 5.32 Å². The standard InChI is InChI=1S/C12H14ClF3N2/c13-10-5-9(12(14,15)16)1-2-11(10)18-7-8-3-4-17-6-8/h1-2,5,8,17-18H,3-4,6-7H2. The van der Waals surface area contributed by atoms with Crippen molar-refractivity contribution in [2.45, 2.75) is 12.6 Å². The molecular weight excluding hydrogens is 265 g/mol. The molecule has 1 atom stereocenters. The average Bonchev–Trinajstić information content (AvgIpc) is 2.79. The van der Waals surface area contributed by atoms with Gasteiger partial charge in [0.25, 0.3) is 0 Å². The third-order valence-electron chi connectivity index (χ3n) is 3.04. The van der Waals surface area contributed by atoms with E-state index < -0.39 is 11.7 Å². The Bertz CT molecular complexity index is 414. The summed E-state index contributed by atoms with van der Waals surface area (Å²) < 4.78 is 37.3. The van der Waals surface area contributed by atoms with Crippen LogP contribution in [0.3, 0.4) is 0 Å². The lowest BCUT2D eigenvalue weighted by molar-refractivity contribution is -0.137. The Morgan fingerprint density at radius 2 is 2.17 bits per heavy atom. The topological polar surface area (TPSA) is 24.1 Å². The van der Waals surface area contributed by atoms with E-state index in [0.29, 0.717) is 11.6 Å². The van der Waals surface area contributed by atoms with E-state index in [1.807, 2.05) is 0 Å². The molecule has 0 saturated carbocycles. The van der Waals surface area contributed by atoms with E-state index >= 15 is 0 Å². The van der Waals surface area contributed by atoms with Gasteiger partial charge in [-0.1, -0.05) is 11.6 Å². The molecule has 1 aliphatic rings. The highest BCUT2D eigenvalue weighted by atomic mass is 35.5. The van der Waals surface area contributed by atoms with Gasteiger partial charge in [-0.25, -0.2) is 0 Å². The van der Waals surface area contributed by atoms with Gasteiger partial charge in [0.05, 0.1) is 16.3 Å². The van der Waals surface area contributed by atoms with Crippen molar-refractivity contribution in [3.8, 4) is 0 Å². The maximum absolute atomic E-state index is 12.4. The summed E-state index contributed by atoms with van der Waals surface area (Å²) in [4.78, 5) is 0. The van der Waals surface area contributed by atoms with Crippen LogP contribution in [0.2, 0.25) is 5.02 Å². The molecule has 1 saturated heterocycles. The average molecular weight is 279 g/mol. The summed E-state index contributed by atoms with van der Waals surface area (Å²) >= 11 is 5.84. The second kappa shape index (κ2) is 5.36. The number of anilines is 1. The summed E-state index contributed by atoms with van der Waals surface area (Å²) in [6.07, 6.45) is -3.28. The fourth-order valence-electron chi connectivity index (χ4n) is 1.98. The minimum absolute atomic E-state index is 0.107. The van der Waals surface area contributed by atoms with Crippen LogP contribution in [0, 0.1) is 5.92 Å². The first-order valence-electron chi connectivity index (χ1n) is 5.78. The Morgan fingerprint density at radius 3 is 2.72 bits per heavy atom. The van der Waals surface area contributed by atoms with Crippen LogP contribution in [0.5, 0.6) is 0 Å². The lowest BCUT2D eigenvalue weighted by Gasteiger charge is -2.14. The van der Waals surface area contributed by atoms with Crippen molar-refractivity contribution in [2.24, 2.45) is 5.92 Å². The molecular formula is C12H14ClF3N2. The predicted molar refractivity (Wildman–Crippen MR) is 65.9 cm³/mol. The van der Waals surface area contributed by atoms with Crippen LogP contribution in [-0.4, -0.2) is 19.6 Å². The van der Waals surface area contributed by atoms with Gasteiger partial charge in [0.2, 0.25) is 0 Å². The maximum atomic E-state index is 12.4. The molecule has 100 valence electrons. The predicted octanol–water partition coefficient (Wildman–Crippen LogP) is 3.38. The zero-order chi connectivity index (χ0) is 13.2. The van der Waals surface area contributed by atoms with E-state index in [9.17, 15) is 13.2 Å². The highest BCUT2D eigenvalue weighted by molar-refractivity contribution is 6.33. The summed E-state index contributed by atoms with van der Waals surface area (Å²) in [7, 11) is 0. The molecule has 1 unspecified atom stereocenters. The van der Waals surface area contributed by atoms with Crippen LogP contribution in [-0.2, 0) is 6.18 Å². The summed E-state index contributed by atoms with van der Waals surface area (Å²) in [5, 5.41) is 6.43. The van der Waals surface area contributed by atoms with Crippen molar-refractivity contribution >= 4 is 17.3 Å². The van der Waals surface area contributed by atoms with Crippen molar-refractivity contribution in [3.63, 3.8) is 0 Å². The first-order chi connectivity index (χ1) is 8.47. The lowest BCUT2D eigenvalue weighted by Crippen LogP contribution is -2.17. The molecule has 2 N–H and O–H groups in total. The second-order valence-electron chi connectivity index (χ2n) is 4.43. The van der Waals surface area contributed by atoms with Gasteiger partial charge in [-0.3, -0.25) is 0 Å². The van der Waals surface area contributed by atoms with Crippen molar-refractivity contribution in [2.75, 3.05) is 25.0 Å². The zero-order valence-corrected chi connectivity index (χ0v) is 10.4. The summed E-state index contributed by atoms with van der Waals surface area (Å²) in [6, 6.07) is 3.38. The number of hydrogen-bond donors (Lipinski definition) is 2. The molecule has 1 aliphatic heterocycles. The first kappa shape index (κ1) is 13.5. The molecule has 6 heteroatoms. The Hall–Kier alpha value is -0.940. The number of hydrogen-bond acceptors (Lipinski definition) is 2. The molecule has 1 aromatic carbocycles. The molecule has 18 heavy (non-hydrogen) atoms. The van der Waals surface area contributed by atoms with E-state index in [1.54, 1.807) is 0 Å². The molecule has 0 aromatic heterocycles. The minimum Gasteiger partial charge on any atom is -0.384 e. The van der Waals surface area contributed by atoms with Crippen LogP contribution in [0.1, 0.15) is 12.0 Å². The van der Waals surface area contributed by atoms with Crippen LogP contribution in [0.25, 0.3) is 0 Å². The highest BCUT2D eigenvalue weighted by Crippen LogP contribution is 2.33. The summed E-state index contributed by atoms with van der Waals surface area (Å²) in [5.41, 5.74) is -0.169. The molecule has 1 heterocycles. The van der Waals surface area contributed by atoms with Gasteiger partial charge >= 0.3 is 6.18 Å². The second-order valence-corrected chi connectivity index (χ2v) is 4.84. The molecule has 0 bridgehead atoms. The fraction of sp³-hybridized carbons (Fsp3) is 0.500. The summed E-state index contributed by atoms with van der Waals surface area (Å²) in [6.45, 7) is 2.65. The highest BCUT2D eigenvalue weighted by Gasteiger charge is 2.30. The molecule has 1 aromatic rings. The van der Waals surface area contributed by atoms with Crippen LogP contribution in [0.15, 0.2) is 18.2 Å². The van der Waals surface area contributed by atoms with Gasteiger partial charge in [0.15, 0.2) is 0 Å². The van der Waals surface area contributed by atoms with Gasteiger partial charge in [0.1, 0.15) is 0 Å². The van der Waals surface area contributed by atoms with E-state index in [2.05, 4.69) is 10.6 Å². The third-order valence-corrected chi connectivity index (χ3v) is 3.35. The van der Waals surface area contributed by atoms with E-state index in [4.69, 9.17) is 11.6 Å². The Balaban J connectivity index is 2.01. The Labute approximate surface area is 109 Å². The number of benzene rings is 1. The van der Waals surface area contributed by atoms with Crippen molar-refractivity contribution < 1.29 is 13.2 Å². The van der Waals surface area contributed by atoms with Gasteiger partial charge in [-0.15, -0.1) is 0 Å². The fourth-order valence-corrected chi connectivity index (χ4v) is 2.23. The smallest absolute Gasteiger partial charge is 0.384 e.